The molecule has 2 fully saturated rings. The number of piperazine rings is 1. The van der Waals surface area contributed by atoms with E-state index in [1.165, 1.54) is 16.9 Å². The number of aromatic nitrogens is 2. The zero-order valence-corrected chi connectivity index (χ0v) is 25.2. The Balaban J connectivity index is 0.00000423. The lowest BCUT2D eigenvalue weighted by Crippen LogP contribution is -2.55. The van der Waals surface area contributed by atoms with Gasteiger partial charge in [-0.1, -0.05) is 50.7 Å². The van der Waals surface area contributed by atoms with Crippen LogP contribution < -0.4 is 9.64 Å². The van der Waals surface area contributed by atoms with Crippen molar-refractivity contribution in [3.63, 3.8) is 0 Å². The van der Waals surface area contributed by atoms with Gasteiger partial charge in [-0.05, 0) is 75.6 Å². The van der Waals surface area contributed by atoms with Crippen molar-refractivity contribution in [3.8, 4) is 12.1 Å². The highest BCUT2D eigenvalue weighted by atomic mass is 35.5. The highest BCUT2D eigenvalue weighted by molar-refractivity contribution is 6.31. The van der Waals surface area contributed by atoms with E-state index < -0.39 is 17.8 Å². The van der Waals surface area contributed by atoms with Gasteiger partial charge in [0.2, 0.25) is 0 Å². The normalized spacial score (nSPS) is 22.0. The van der Waals surface area contributed by atoms with Gasteiger partial charge in [-0.2, -0.15) is 15.2 Å². The number of nitrogens with zero attached hydrogens (tertiary/aromatic N) is 6. The van der Waals surface area contributed by atoms with Crippen molar-refractivity contribution in [1.82, 2.24) is 19.8 Å². The Labute approximate surface area is 260 Å². The van der Waals surface area contributed by atoms with Crippen LogP contribution in [0.1, 0.15) is 63.3 Å². The Hall–Kier alpha value is -3.22. The number of fused-ring (bicyclic) bond motifs is 1. The number of likely N-dealkylation sites (N-methyl/N-ethyl adjacent to an activating group) is 1. The van der Waals surface area contributed by atoms with Gasteiger partial charge in [0, 0.05) is 36.3 Å². The standard InChI is InChI=1S/C32H40ClFN6O2.CH4/c1-3-38-16-6-8-26(38)21-42-32-36-29-19-23(10-12-24-7-4-5-9-28(24)33)11-13-27(29)30(37-32)39-17-18-40(31(41)22(2)34)25(20-39)14-15-35;/h4-5,7,9,23,25-26H,2-3,6,8,10-14,16-21H2,1H3;1H4. The zero-order chi connectivity index (χ0) is 29.6. The third kappa shape index (κ3) is 7.66. The third-order valence-electron chi connectivity index (χ3n) is 9.03. The maximum Gasteiger partial charge on any atom is 0.318 e. The molecule has 1 aromatic heterocycles. The second-order valence-corrected chi connectivity index (χ2v) is 12.0. The Morgan fingerprint density at radius 2 is 2.02 bits per heavy atom. The van der Waals surface area contributed by atoms with E-state index in [1.54, 1.807) is 0 Å². The van der Waals surface area contributed by atoms with Crippen LogP contribution in [0, 0.1) is 17.2 Å². The van der Waals surface area contributed by atoms with Gasteiger partial charge < -0.3 is 14.5 Å². The van der Waals surface area contributed by atoms with Gasteiger partial charge in [0.25, 0.3) is 5.91 Å². The molecule has 1 amide bonds. The molecule has 0 saturated carbocycles. The van der Waals surface area contributed by atoms with Crippen molar-refractivity contribution in [3.05, 3.63) is 58.5 Å². The Morgan fingerprint density at radius 1 is 1.21 bits per heavy atom. The van der Waals surface area contributed by atoms with E-state index in [4.69, 9.17) is 26.3 Å². The van der Waals surface area contributed by atoms with Crippen LogP contribution in [0.5, 0.6) is 6.01 Å². The van der Waals surface area contributed by atoms with Crippen molar-refractivity contribution in [2.24, 2.45) is 5.92 Å². The van der Waals surface area contributed by atoms with Crippen molar-refractivity contribution in [2.75, 3.05) is 44.2 Å². The summed E-state index contributed by atoms with van der Waals surface area (Å²) in [4.78, 5) is 28.3. The minimum atomic E-state index is -1.00. The fourth-order valence-electron chi connectivity index (χ4n) is 6.70. The van der Waals surface area contributed by atoms with Crippen LogP contribution in [0.15, 0.2) is 36.7 Å². The molecule has 3 heterocycles. The smallest absolute Gasteiger partial charge is 0.318 e. The number of nitriles is 1. The first kappa shape index (κ1) is 32.7. The molecular formula is C33H44ClFN6O2. The van der Waals surface area contributed by atoms with Gasteiger partial charge in [0.1, 0.15) is 12.4 Å². The topological polar surface area (TPSA) is 85.6 Å². The van der Waals surface area contributed by atoms with Gasteiger partial charge in [-0.25, -0.2) is 4.39 Å². The van der Waals surface area contributed by atoms with E-state index >= 15 is 0 Å². The number of hydrogen-bond donors (Lipinski definition) is 0. The van der Waals surface area contributed by atoms with Crippen molar-refractivity contribution in [2.45, 2.75) is 77.8 Å². The largest absolute Gasteiger partial charge is 0.462 e. The molecule has 0 radical (unpaired) electrons. The van der Waals surface area contributed by atoms with Gasteiger partial charge >= 0.3 is 6.01 Å². The van der Waals surface area contributed by atoms with Crippen molar-refractivity contribution < 1.29 is 13.9 Å². The lowest BCUT2D eigenvalue weighted by Gasteiger charge is -2.42. The maximum absolute atomic E-state index is 13.8. The lowest BCUT2D eigenvalue weighted by molar-refractivity contribution is -0.131. The first-order chi connectivity index (χ1) is 20.4. The van der Waals surface area contributed by atoms with Crippen LogP contribution >= 0.6 is 11.6 Å². The van der Waals surface area contributed by atoms with E-state index in [9.17, 15) is 14.4 Å². The lowest BCUT2D eigenvalue weighted by atomic mass is 9.83. The average Bonchev–Trinajstić information content (AvgIpc) is 3.46. The molecule has 1 aliphatic carbocycles. The van der Waals surface area contributed by atoms with Crippen molar-refractivity contribution in [1.29, 1.82) is 5.26 Å². The fraction of sp³-hybridized carbons (Fsp3) is 0.576. The molecule has 3 atom stereocenters. The minimum absolute atomic E-state index is 0. The number of aryl methyl sites for hydroxylation is 1. The summed E-state index contributed by atoms with van der Waals surface area (Å²) < 4.78 is 20.0. The van der Waals surface area contributed by atoms with E-state index in [1.807, 2.05) is 18.2 Å². The summed E-state index contributed by atoms with van der Waals surface area (Å²) in [7, 11) is 0. The van der Waals surface area contributed by atoms with E-state index in [2.05, 4.69) is 35.4 Å². The molecule has 10 heteroatoms. The Morgan fingerprint density at radius 3 is 2.77 bits per heavy atom. The molecule has 8 nitrogen and oxygen atoms in total. The molecule has 2 aromatic rings. The molecule has 3 aliphatic rings. The third-order valence-corrected chi connectivity index (χ3v) is 9.40. The Kier molecular flexibility index (Phi) is 11.4. The summed E-state index contributed by atoms with van der Waals surface area (Å²) in [6.45, 7) is 9.13. The van der Waals surface area contributed by atoms with Gasteiger partial charge in [-0.3, -0.25) is 9.69 Å². The molecule has 0 bridgehead atoms. The summed E-state index contributed by atoms with van der Waals surface area (Å²) in [5.74, 6) is -0.474. The highest BCUT2D eigenvalue weighted by Crippen LogP contribution is 2.35. The number of hydrogen-bond acceptors (Lipinski definition) is 7. The van der Waals surface area contributed by atoms with Gasteiger partial charge in [0.15, 0.2) is 5.83 Å². The second kappa shape index (κ2) is 15.0. The van der Waals surface area contributed by atoms with E-state index in [-0.39, 0.29) is 20.4 Å². The molecule has 3 unspecified atom stereocenters. The number of halogens is 2. The van der Waals surface area contributed by atoms with Crippen LogP contribution in [0.2, 0.25) is 5.02 Å². The molecule has 0 N–H and O–H groups in total. The van der Waals surface area contributed by atoms with E-state index in [0.717, 1.165) is 73.7 Å². The number of anilines is 1. The predicted octanol–water partition coefficient (Wildman–Crippen LogP) is 5.78. The Bertz CT molecular complexity index is 1330. The number of rotatable bonds is 10. The molecule has 2 aliphatic heterocycles. The summed E-state index contributed by atoms with van der Waals surface area (Å²) >= 11 is 6.42. The molecule has 1 aromatic carbocycles. The second-order valence-electron chi connectivity index (χ2n) is 11.6. The van der Waals surface area contributed by atoms with Crippen LogP contribution in [0.25, 0.3) is 0 Å². The first-order valence-corrected chi connectivity index (χ1v) is 15.5. The van der Waals surface area contributed by atoms with E-state index in [0.29, 0.717) is 37.7 Å². The molecule has 0 spiro atoms. The number of carbonyl (C=O) groups is 1. The molecule has 232 valence electrons. The molecule has 2 saturated heterocycles. The summed E-state index contributed by atoms with van der Waals surface area (Å²) in [5, 5.41) is 10.3. The monoisotopic (exact) mass is 610 g/mol. The first-order valence-electron chi connectivity index (χ1n) is 15.1. The highest BCUT2D eigenvalue weighted by Gasteiger charge is 2.35. The van der Waals surface area contributed by atoms with Gasteiger partial charge in [0.05, 0.1) is 24.2 Å². The number of ether oxygens (including phenoxy) is 1. The predicted molar refractivity (Wildman–Crippen MR) is 168 cm³/mol. The molecular weight excluding hydrogens is 567 g/mol. The fourth-order valence-corrected chi connectivity index (χ4v) is 6.93. The maximum atomic E-state index is 13.8. The number of benzene rings is 1. The number of likely N-dealkylation sites (tertiary alicyclic amines) is 1. The van der Waals surface area contributed by atoms with Gasteiger partial charge in [-0.15, -0.1) is 0 Å². The van der Waals surface area contributed by atoms with Crippen LogP contribution in [-0.4, -0.2) is 77.1 Å². The SMILES string of the molecule is C.C=C(F)C(=O)N1CCN(c2nc(OCC3CCCN3CC)nc3c2CCC(CCc2ccccc2Cl)C3)CC1CC#N. The molecule has 5 rings (SSSR count). The number of carbonyl (C=O) groups excluding carboxylic acids is 1. The van der Waals surface area contributed by atoms with Crippen LogP contribution in [0.4, 0.5) is 10.2 Å². The quantitative estimate of drug-likeness (QED) is 0.315. The van der Waals surface area contributed by atoms with Crippen LogP contribution in [0.3, 0.4) is 0 Å². The van der Waals surface area contributed by atoms with Crippen molar-refractivity contribution >= 4 is 23.3 Å². The average molecular weight is 611 g/mol. The van der Waals surface area contributed by atoms with Crippen LogP contribution in [-0.2, 0) is 24.1 Å². The summed E-state index contributed by atoms with van der Waals surface area (Å²) in [6, 6.07) is 10.5. The molecule has 43 heavy (non-hydrogen) atoms. The summed E-state index contributed by atoms with van der Waals surface area (Å²) in [6.07, 6.45) is 6.99. The zero-order valence-electron chi connectivity index (χ0n) is 24.4. The number of amides is 1. The summed E-state index contributed by atoms with van der Waals surface area (Å²) in [5.41, 5.74) is 3.29. The minimum Gasteiger partial charge on any atom is -0.462 e.